The predicted octanol–water partition coefficient (Wildman–Crippen LogP) is 5.30. The zero-order valence-electron chi connectivity index (χ0n) is 23.2. The largest absolute Gasteiger partial charge is 0.494 e. The number of rotatable bonds is 9. The van der Waals surface area contributed by atoms with E-state index < -0.39 is 17.6 Å². The zero-order chi connectivity index (χ0) is 29.8. The van der Waals surface area contributed by atoms with E-state index in [1.54, 1.807) is 32.3 Å². The number of methoxy groups -OCH3 is 1. The molecule has 1 heterocycles. The molecule has 0 aliphatic rings. The SMILES string of the molecule is CNc1ncc(/C(N)=C/N(N)c2cc(C(=O)Nc3cc(C(F)(F)F)cc(CNC(C)(C)C)c3OC)ccc2C)s1. The Kier molecular flexibility index (Phi) is 9.33. The van der Waals surface area contributed by atoms with Gasteiger partial charge in [0.1, 0.15) is 5.75 Å². The van der Waals surface area contributed by atoms with E-state index in [0.29, 0.717) is 21.4 Å². The van der Waals surface area contributed by atoms with Gasteiger partial charge in [-0.15, -0.1) is 0 Å². The molecular formula is C27H34F3N7O2S. The molecule has 0 saturated carbocycles. The van der Waals surface area contributed by atoms with E-state index in [0.717, 1.165) is 17.7 Å². The molecule has 3 rings (SSSR count). The molecule has 216 valence electrons. The molecule has 0 saturated heterocycles. The van der Waals surface area contributed by atoms with Crippen molar-refractivity contribution in [2.75, 3.05) is 29.8 Å². The van der Waals surface area contributed by atoms with Gasteiger partial charge in [-0.25, -0.2) is 10.8 Å². The second-order valence-corrected chi connectivity index (χ2v) is 11.1. The van der Waals surface area contributed by atoms with Crippen molar-refractivity contribution in [3.05, 3.63) is 69.9 Å². The molecular weight excluding hydrogens is 543 g/mol. The van der Waals surface area contributed by atoms with Crippen LogP contribution in [0.3, 0.4) is 0 Å². The summed E-state index contributed by atoms with van der Waals surface area (Å²) in [6.07, 6.45) is -1.51. The quantitative estimate of drug-likeness (QED) is 0.171. The van der Waals surface area contributed by atoms with Crippen LogP contribution in [0.1, 0.15) is 52.7 Å². The van der Waals surface area contributed by atoms with Crippen LogP contribution in [0.2, 0.25) is 0 Å². The monoisotopic (exact) mass is 577 g/mol. The van der Waals surface area contributed by atoms with E-state index in [1.807, 2.05) is 20.8 Å². The first-order valence-corrected chi connectivity index (χ1v) is 13.0. The number of nitrogens with zero attached hydrogens (tertiary/aromatic N) is 2. The first-order chi connectivity index (χ1) is 18.6. The smallest absolute Gasteiger partial charge is 0.416 e. The third-order valence-corrected chi connectivity index (χ3v) is 6.85. The number of hydrogen-bond donors (Lipinski definition) is 5. The summed E-state index contributed by atoms with van der Waals surface area (Å²) in [5.41, 5.74) is 6.83. The summed E-state index contributed by atoms with van der Waals surface area (Å²) in [5.74, 6) is 5.75. The summed E-state index contributed by atoms with van der Waals surface area (Å²) >= 11 is 1.35. The van der Waals surface area contributed by atoms with Crippen molar-refractivity contribution < 1.29 is 22.7 Å². The maximum atomic E-state index is 13.7. The summed E-state index contributed by atoms with van der Waals surface area (Å²) < 4.78 is 46.7. The van der Waals surface area contributed by atoms with Crippen molar-refractivity contribution in [2.45, 2.75) is 46.0 Å². The molecule has 9 nitrogen and oxygen atoms in total. The molecule has 3 aromatic rings. The van der Waals surface area contributed by atoms with Crippen molar-refractivity contribution in [1.82, 2.24) is 10.3 Å². The van der Waals surface area contributed by atoms with Crippen LogP contribution in [0, 0.1) is 6.92 Å². The first-order valence-electron chi connectivity index (χ1n) is 12.2. The Bertz CT molecular complexity index is 1400. The Morgan fingerprint density at radius 1 is 1.20 bits per heavy atom. The lowest BCUT2D eigenvalue weighted by Gasteiger charge is -2.23. The molecule has 0 aliphatic heterocycles. The summed E-state index contributed by atoms with van der Waals surface area (Å²) in [6, 6.07) is 6.65. The average Bonchev–Trinajstić information content (AvgIpc) is 3.36. The number of amides is 1. The minimum Gasteiger partial charge on any atom is -0.494 e. The normalized spacial score (nSPS) is 12.3. The van der Waals surface area contributed by atoms with Gasteiger partial charge in [0.25, 0.3) is 5.91 Å². The number of nitrogens with one attached hydrogen (secondary N) is 3. The third kappa shape index (κ3) is 7.64. The highest BCUT2D eigenvalue weighted by molar-refractivity contribution is 7.16. The lowest BCUT2D eigenvalue weighted by molar-refractivity contribution is -0.137. The van der Waals surface area contributed by atoms with E-state index in [9.17, 15) is 18.0 Å². The number of hydrogen-bond acceptors (Lipinski definition) is 9. The Labute approximate surface area is 235 Å². The van der Waals surface area contributed by atoms with Crippen molar-refractivity contribution in [1.29, 1.82) is 0 Å². The highest BCUT2D eigenvalue weighted by Crippen LogP contribution is 2.38. The number of aryl methyl sites for hydroxylation is 1. The van der Waals surface area contributed by atoms with Crippen LogP contribution in [-0.2, 0) is 12.7 Å². The molecule has 0 unspecified atom stereocenters. The topological polar surface area (TPSA) is 131 Å². The maximum absolute atomic E-state index is 13.7. The number of ether oxygens (including phenoxy) is 1. The number of hydrazine groups is 1. The lowest BCUT2D eigenvalue weighted by atomic mass is 10.0. The minimum absolute atomic E-state index is 0.0968. The summed E-state index contributed by atoms with van der Waals surface area (Å²) in [6.45, 7) is 7.58. The van der Waals surface area contributed by atoms with Gasteiger partial charge in [-0.05, 0) is 57.5 Å². The van der Waals surface area contributed by atoms with E-state index in [2.05, 4.69) is 20.9 Å². The molecule has 0 aliphatic carbocycles. The Hall–Kier alpha value is -3.81. The Balaban J connectivity index is 1.94. The molecule has 13 heteroatoms. The molecule has 1 amide bonds. The Morgan fingerprint density at radius 2 is 1.90 bits per heavy atom. The first kappa shape index (κ1) is 30.7. The molecule has 0 fully saturated rings. The van der Waals surface area contributed by atoms with Gasteiger partial charge in [0, 0.05) is 42.7 Å². The second kappa shape index (κ2) is 12.1. The number of thiazole rings is 1. The van der Waals surface area contributed by atoms with Crippen molar-refractivity contribution in [3.63, 3.8) is 0 Å². The number of nitrogens with two attached hydrogens (primary N) is 2. The van der Waals surface area contributed by atoms with E-state index in [1.165, 1.54) is 35.7 Å². The van der Waals surface area contributed by atoms with Gasteiger partial charge in [-0.1, -0.05) is 17.4 Å². The van der Waals surface area contributed by atoms with Crippen LogP contribution in [-0.4, -0.2) is 30.6 Å². The van der Waals surface area contributed by atoms with Crippen LogP contribution < -0.4 is 37.3 Å². The standard InChI is InChI=1S/C27H34F3N7O2S/c1-15-7-8-16(10-21(15)37(32)14-19(31)22-13-34-25(33-5)40-22)24(38)36-20-11-18(27(28,29)30)9-17(23(20)39-6)12-35-26(2,3)4/h7-11,13-14,35H,12,31-32H2,1-6H3,(H,33,34)(H,36,38)/b19-14-. The summed E-state index contributed by atoms with van der Waals surface area (Å²) in [5, 5.41) is 10.6. The molecule has 0 bridgehead atoms. The lowest BCUT2D eigenvalue weighted by Crippen LogP contribution is -2.35. The maximum Gasteiger partial charge on any atom is 0.416 e. The van der Waals surface area contributed by atoms with Crippen molar-refractivity contribution >= 4 is 39.4 Å². The van der Waals surface area contributed by atoms with Crippen LogP contribution >= 0.6 is 11.3 Å². The summed E-state index contributed by atoms with van der Waals surface area (Å²) in [7, 11) is 3.09. The van der Waals surface area contributed by atoms with E-state index in [4.69, 9.17) is 16.3 Å². The molecule has 2 aromatic carbocycles. The molecule has 0 atom stereocenters. The number of anilines is 3. The fourth-order valence-corrected chi connectivity index (χ4v) is 4.40. The summed E-state index contributed by atoms with van der Waals surface area (Å²) in [4.78, 5) is 18.1. The van der Waals surface area contributed by atoms with Gasteiger partial charge in [0.05, 0.1) is 34.6 Å². The third-order valence-electron chi connectivity index (χ3n) is 5.79. The molecule has 0 radical (unpaired) electrons. The number of alkyl halides is 3. The van der Waals surface area contributed by atoms with E-state index in [-0.39, 0.29) is 34.6 Å². The fraction of sp³-hybridized carbons (Fsp3) is 0.333. The van der Waals surface area contributed by atoms with Gasteiger partial charge < -0.3 is 26.4 Å². The number of carbonyl (C=O) groups excluding carboxylic acids is 1. The van der Waals surface area contributed by atoms with Crippen LogP contribution in [0.5, 0.6) is 5.75 Å². The van der Waals surface area contributed by atoms with Gasteiger partial charge in [-0.3, -0.25) is 9.80 Å². The van der Waals surface area contributed by atoms with Gasteiger partial charge in [-0.2, -0.15) is 13.2 Å². The Morgan fingerprint density at radius 3 is 2.48 bits per heavy atom. The number of benzene rings is 2. The molecule has 0 spiro atoms. The number of halogens is 3. The van der Waals surface area contributed by atoms with Gasteiger partial charge in [0.2, 0.25) is 0 Å². The van der Waals surface area contributed by atoms with Crippen LogP contribution in [0.25, 0.3) is 5.70 Å². The molecule has 1 aromatic heterocycles. The van der Waals surface area contributed by atoms with Gasteiger partial charge in [0.15, 0.2) is 5.13 Å². The fourth-order valence-electron chi connectivity index (χ4n) is 3.71. The number of carbonyl (C=O) groups is 1. The zero-order valence-corrected chi connectivity index (χ0v) is 24.0. The van der Waals surface area contributed by atoms with Crippen LogP contribution in [0.15, 0.2) is 42.7 Å². The average molecular weight is 578 g/mol. The second-order valence-electron chi connectivity index (χ2n) is 10.0. The van der Waals surface area contributed by atoms with Gasteiger partial charge >= 0.3 is 6.18 Å². The van der Waals surface area contributed by atoms with E-state index >= 15 is 0 Å². The predicted molar refractivity (Wildman–Crippen MR) is 154 cm³/mol. The van der Waals surface area contributed by atoms with Crippen LogP contribution in [0.4, 0.5) is 29.7 Å². The highest BCUT2D eigenvalue weighted by atomic mass is 32.1. The minimum atomic E-state index is -4.63. The molecule has 40 heavy (non-hydrogen) atoms. The highest BCUT2D eigenvalue weighted by Gasteiger charge is 2.33. The molecule has 7 N–H and O–H groups in total. The van der Waals surface area contributed by atoms with Crippen molar-refractivity contribution in [2.24, 2.45) is 11.6 Å². The number of aromatic nitrogens is 1. The van der Waals surface area contributed by atoms with Crippen molar-refractivity contribution in [3.8, 4) is 5.75 Å².